The molecule has 0 aliphatic heterocycles. The van der Waals surface area contributed by atoms with E-state index in [9.17, 15) is 27.6 Å². The lowest BCUT2D eigenvalue weighted by molar-refractivity contribution is -0.146. The molecule has 0 saturated carbocycles. The second-order valence-corrected chi connectivity index (χ2v) is 9.25. The molecule has 2 aromatic heterocycles. The van der Waals surface area contributed by atoms with Gasteiger partial charge in [0, 0.05) is 10.2 Å². The standard InChI is InChI=1S/C26H22BrF3N4O4/c1-4-38-24(36)16(3)33-23(35)22(21-12-13-31-34(21)19-10-8-18(27)9-11-19)15(2)32(25(33)37)20-7-5-6-17(14-20)26(28,29)30/h5-14,16H,4H2,1-3H3/t16-/m0/s1. The fourth-order valence-electron chi connectivity index (χ4n) is 4.14. The van der Waals surface area contributed by atoms with Gasteiger partial charge in [0.15, 0.2) is 0 Å². The summed E-state index contributed by atoms with van der Waals surface area (Å²) in [5.74, 6) is -0.835. The van der Waals surface area contributed by atoms with Gasteiger partial charge in [0.25, 0.3) is 5.56 Å². The lowest BCUT2D eigenvalue weighted by Gasteiger charge is -2.21. The monoisotopic (exact) mass is 590 g/mol. The van der Waals surface area contributed by atoms with Crippen LogP contribution in [0.15, 0.2) is 74.9 Å². The van der Waals surface area contributed by atoms with Crippen LogP contribution in [0.3, 0.4) is 0 Å². The van der Waals surface area contributed by atoms with Gasteiger partial charge in [-0.2, -0.15) is 18.3 Å². The van der Waals surface area contributed by atoms with Crippen LogP contribution in [-0.2, 0) is 15.7 Å². The molecular formula is C26H22BrF3N4O4. The SMILES string of the molecule is CCOC(=O)[C@H](C)n1c(=O)c(-c2ccnn2-c2ccc(Br)cc2)c(C)n(-c2cccc(C(F)(F)F)c2)c1=O. The van der Waals surface area contributed by atoms with Crippen LogP contribution in [0, 0.1) is 6.92 Å². The summed E-state index contributed by atoms with van der Waals surface area (Å²) in [5, 5.41) is 4.31. The van der Waals surface area contributed by atoms with Crippen molar-refractivity contribution in [2.75, 3.05) is 6.61 Å². The van der Waals surface area contributed by atoms with Gasteiger partial charge >= 0.3 is 17.8 Å². The Bertz CT molecular complexity index is 1620. The van der Waals surface area contributed by atoms with Crippen molar-refractivity contribution in [3.63, 3.8) is 0 Å². The minimum Gasteiger partial charge on any atom is -0.464 e. The Morgan fingerprint density at radius 1 is 1.08 bits per heavy atom. The summed E-state index contributed by atoms with van der Waals surface area (Å²) in [4.78, 5) is 40.0. The number of ether oxygens (including phenoxy) is 1. The highest BCUT2D eigenvalue weighted by atomic mass is 79.9. The van der Waals surface area contributed by atoms with Crippen molar-refractivity contribution >= 4 is 21.9 Å². The first-order valence-corrected chi connectivity index (χ1v) is 12.3. The number of carbonyl (C=O) groups excluding carboxylic acids is 1. The Kier molecular flexibility index (Phi) is 7.45. The number of halogens is 4. The van der Waals surface area contributed by atoms with Gasteiger partial charge in [0.2, 0.25) is 0 Å². The van der Waals surface area contributed by atoms with Crippen molar-refractivity contribution < 1.29 is 22.7 Å². The maximum absolute atomic E-state index is 13.8. The van der Waals surface area contributed by atoms with E-state index in [1.165, 1.54) is 36.9 Å². The summed E-state index contributed by atoms with van der Waals surface area (Å²) in [7, 11) is 0. The smallest absolute Gasteiger partial charge is 0.416 e. The molecule has 198 valence electrons. The van der Waals surface area contributed by atoms with E-state index in [1.54, 1.807) is 37.3 Å². The number of hydrogen-bond donors (Lipinski definition) is 0. The van der Waals surface area contributed by atoms with Gasteiger partial charge in [-0.1, -0.05) is 22.0 Å². The average molecular weight is 591 g/mol. The zero-order valence-electron chi connectivity index (χ0n) is 20.5. The number of hydrogen-bond acceptors (Lipinski definition) is 5. The molecule has 0 fully saturated rings. The molecule has 0 N–H and O–H groups in total. The predicted octanol–water partition coefficient (Wildman–Crippen LogP) is 5.07. The Balaban J connectivity index is 2.07. The molecule has 2 aromatic carbocycles. The maximum atomic E-state index is 13.8. The van der Waals surface area contributed by atoms with Crippen molar-refractivity contribution in [3.05, 3.63) is 97.4 Å². The van der Waals surface area contributed by atoms with Gasteiger partial charge in [-0.25, -0.2) is 18.8 Å². The molecule has 0 aliphatic carbocycles. The van der Waals surface area contributed by atoms with Crippen LogP contribution in [-0.4, -0.2) is 31.5 Å². The summed E-state index contributed by atoms with van der Waals surface area (Å²) in [5.41, 5.74) is -1.96. The van der Waals surface area contributed by atoms with Gasteiger partial charge in [-0.05, 0) is 69.3 Å². The third kappa shape index (κ3) is 4.95. The molecule has 0 saturated heterocycles. The molecule has 0 bridgehead atoms. The van der Waals surface area contributed by atoms with Gasteiger partial charge < -0.3 is 4.74 Å². The molecule has 4 aromatic rings. The van der Waals surface area contributed by atoms with Crippen LogP contribution in [0.25, 0.3) is 22.6 Å². The molecule has 12 heteroatoms. The largest absolute Gasteiger partial charge is 0.464 e. The van der Waals surface area contributed by atoms with Crippen LogP contribution in [0.4, 0.5) is 13.2 Å². The van der Waals surface area contributed by atoms with Gasteiger partial charge in [0.1, 0.15) is 6.04 Å². The number of alkyl halides is 3. The number of benzene rings is 2. The Morgan fingerprint density at radius 3 is 2.39 bits per heavy atom. The van der Waals surface area contributed by atoms with E-state index in [-0.39, 0.29) is 29.2 Å². The van der Waals surface area contributed by atoms with Gasteiger partial charge in [0.05, 0.1) is 41.0 Å². The molecule has 38 heavy (non-hydrogen) atoms. The Morgan fingerprint density at radius 2 is 1.76 bits per heavy atom. The molecule has 4 rings (SSSR count). The minimum atomic E-state index is -4.66. The fourth-order valence-corrected chi connectivity index (χ4v) is 4.40. The number of carbonyl (C=O) groups is 1. The van der Waals surface area contributed by atoms with E-state index < -0.39 is 35.0 Å². The molecule has 0 aliphatic rings. The van der Waals surface area contributed by atoms with Crippen LogP contribution in [0.2, 0.25) is 0 Å². The van der Waals surface area contributed by atoms with Crippen molar-refractivity contribution in [1.29, 1.82) is 0 Å². The topological polar surface area (TPSA) is 88.1 Å². The third-order valence-corrected chi connectivity index (χ3v) is 6.47. The van der Waals surface area contributed by atoms with Gasteiger partial charge in [-0.15, -0.1) is 0 Å². The van der Waals surface area contributed by atoms with E-state index in [2.05, 4.69) is 21.0 Å². The molecule has 0 unspecified atom stereocenters. The number of esters is 1. The van der Waals surface area contributed by atoms with E-state index in [0.717, 1.165) is 21.2 Å². The zero-order valence-corrected chi connectivity index (χ0v) is 22.1. The third-order valence-electron chi connectivity index (χ3n) is 5.94. The molecular weight excluding hydrogens is 569 g/mol. The van der Waals surface area contributed by atoms with Crippen molar-refractivity contribution in [1.82, 2.24) is 18.9 Å². The molecule has 2 heterocycles. The van der Waals surface area contributed by atoms with Crippen LogP contribution < -0.4 is 11.2 Å². The molecule has 0 radical (unpaired) electrons. The lowest BCUT2D eigenvalue weighted by atomic mass is 10.1. The van der Waals surface area contributed by atoms with Crippen molar-refractivity contribution in [2.45, 2.75) is 33.0 Å². The molecule has 0 amide bonds. The minimum absolute atomic E-state index is 0.00873. The second kappa shape index (κ2) is 10.4. The molecule has 1 atom stereocenters. The first kappa shape index (κ1) is 27.1. The summed E-state index contributed by atoms with van der Waals surface area (Å²) in [6, 6.07) is 11.4. The van der Waals surface area contributed by atoms with E-state index in [0.29, 0.717) is 10.3 Å². The first-order chi connectivity index (χ1) is 18.0. The van der Waals surface area contributed by atoms with Crippen molar-refractivity contribution in [3.8, 4) is 22.6 Å². The van der Waals surface area contributed by atoms with Crippen LogP contribution in [0.5, 0.6) is 0 Å². The van der Waals surface area contributed by atoms with E-state index >= 15 is 0 Å². The normalized spacial score (nSPS) is 12.4. The zero-order chi connectivity index (χ0) is 27.8. The number of nitrogens with zero attached hydrogens (tertiary/aromatic N) is 4. The summed E-state index contributed by atoms with van der Waals surface area (Å²) < 4.78 is 49.5. The highest BCUT2D eigenvalue weighted by Crippen LogP contribution is 2.31. The van der Waals surface area contributed by atoms with E-state index in [1.807, 2.05) is 0 Å². The van der Waals surface area contributed by atoms with E-state index in [4.69, 9.17) is 4.74 Å². The predicted molar refractivity (Wildman–Crippen MR) is 138 cm³/mol. The Labute approximate surface area is 223 Å². The molecule has 8 nitrogen and oxygen atoms in total. The highest BCUT2D eigenvalue weighted by molar-refractivity contribution is 9.10. The second-order valence-electron chi connectivity index (χ2n) is 8.33. The number of aromatic nitrogens is 4. The quantitative estimate of drug-likeness (QED) is 0.293. The summed E-state index contributed by atoms with van der Waals surface area (Å²) >= 11 is 3.37. The fraction of sp³-hybridized carbons (Fsp3) is 0.231. The van der Waals surface area contributed by atoms with Crippen molar-refractivity contribution in [2.24, 2.45) is 0 Å². The summed E-state index contributed by atoms with van der Waals surface area (Å²) in [6.45, 7) is 4.36. The average Bonchev–Trinajstić information content (AvgIpc) is 3.33. The maximum Gasteiger partial charge on any atom is 0.416 e. The van der Waals surface area contributed by atoms with Gasteiger partial charge in [-0.3, -0.25) is 9.36 Å². The van der Waals surface area contributed by atoms with Crippen LogP contribution >= 0.6 is 15.9 Å². The first-order valence-electron chi connectivity index (χ1n) is 11.5. The summed E-state index contributed by atoms with van der Waals surface area (Å²) in [6.07, 6.45) is -3.21. The Hall–Kier alpha value is -3.93. The molecule has 0 spiro atoms. The highest BCUT2D eigenvalue weighted by Gasteiger charge is 2.32. The van der Waals surface area contributed by atoms with Crippen LogP contribution in [0.1, 0.15) is 31.1 Å². The number of rotatable bonds is 6. The lowest BCUT2D eigenvalue weighted by Crippen LogP contribution is -2.45.